The van der Waals surface area contributed by atoms with Gasteiger partial charge in [0.2, 0.25) is 0 Å². The highest BCUT2D eigenvalue weighted by atomic mass is 15.2. The van der Waals surface area contributed by atoms with Gasteiger partial charge in [0.15, 0.2) is 0 Å². The van der Waals surface area contributed by atoms with Crippen LogP contribution in [0.2, 0.25) is 0 Å². The summed E-state index contributed by atoms with van der Waals surface area (Å²) in [5.74, 6) is 0. The lowest BCUT2D eigenvalue weighted by molar-refractivity contribution is 0.332. The van der Waals surface area contributed by atoms with Crippen LogP contribution in [0, 0.1) is 0 Å². The first-order chi connectivity index (χ1) is 11.0. The van der Waals surface area contributed by atoms with E-state index >= 15 is 0 Å². The molecule has 0 radical (unpaired) electrons. The number of azo groups is 1. The number of hydrogen-bond donors (Lipinski definition) is 0. The maximum absolute atomic E-state index is 4.32. The van der Waals surface area contributed by atoms with E-state index in [1.807, 2.05) is 50.5 Å². The van der Waals surface area contributed by atoms with Crippen LogP contribution in [0.3, 0.4) is 0 Å². The topological polar surface area (TPSA) is 31.2 Å². The van der Waals surface area contributed by atoms with E-state index < -0.39 is 0 Å². The minimum Gasteiger partial charge on any atom is -0.378 e. The van der Waals surface area contributed by atoms with Crippen molar-refractivity contribution in [2.75, 3.05) is 30.4 Å². The Labute approximate surface area is 138 Å². The molecule has 1 fully saturated rings. The first-order valence-corrected chi connectivity index (χ1v) is 8.02. The van der Waals surface area contributed by atoms with E-state index in [1.165, 1.54) is 12.1 Å². The molecule has 0 N–H and O–H groups in total. The van der Waals surface area contributed by atoms with Gasteiger partial charge in [-0.1, -0.05) is 0 Å². The second-order valence-electron chi connectivity index (χ2n) is 6.84. The second-order valence-corrected chi connectivity index (χ2v) is 6.84. The van der Waals surface area contributed by atoms with Gasteiger partial charge in [-0.15, -0.1) is 0 Å². The van der Waals surface area contributed by atoms with E-state index in [-0.39, 0.29) is 5.54 Å². The molecule has 0 aliphatic carbocycles. The van der Waals surface area contributed by atoms with E-state index in [2.05, 4.69) is 46.0 Å². The molecule has 0 saturated carbocycles. The molecular weight excluding hydrogens is 284 g/mol. The van der Waals surface area contributed by atoms with Gasteiger partial charge >= 0.3 is 0 Å². The summed E-state index contributed by atoms with van der Waals surface area (Å²) in [6.45, 7) is 5.69. The largest absolute Gasteiger partial charge is 0.378 e. The third kappa shape index (κ3) is 3.36. The van der Waals surface area contributed by atoms with Gasteiger partial charge in [0.25, 0.3) is 0 Å². The third-order valence-corrected chi connectivity index (χ3v) is 4.49. The van der Waals surface area contributed by atoms with Crippen LogP contribution >= 0.6 is 0 Å². The summed E-state index contributed by atoms with van der Waals surface area (Å²) in [5, 5.41) is 8.63. The molecule has 0 unspecified atom stereocenters. The standard InChI is InChI=1S/C19H24N4/c1-19(2)13-14-23(19)18-11-7-16(8-12-18)21-20-15-5-9-17(10-6-15)22(3)4/h5-12H,13-14H2,1-4H3/b21-20+. The van der Waals surface area contributed by atoms with Gasteiger partial charge in [0, 0.05) is 37.6 Å². The Morgan fingerprint density at radius 3 is 1.78 bits per heavy atom. The highest BCUT2D eigenvalue weighted by Gasteiger charge is 2.35. The molecule has 0 aromatic heterocycles. The molecule has 1 saturated heterocycles. The highest BCUT2D eigenvalue weighted by Crippen LogP contribution is 2.35. The first-order valence-electron chi connectivity index (χ1n) is 8.02. The lowest BCUT2D eigenvalue weighted by Gasteiger charge is -2.50. The fourth-order valence-corrected chi connectivity index (χ4v) is 2.78. The van der Waals surface area contributed by atoms with Crippen molar-refractivity contribution in [3.63, 3.8) is 0 Å². The molecule has 4 nitrogen and oxygen atoms in total. The molecule has 120 valence electrons. The third-order valence-electron chi connectivity index (χ3n) is 4.49. The fourth-order valence-electron chi connectivity index (χ4n) is 2.78. The van der Waals surface area contributed by atoms with Gasteiger partial charge in [0.1, 0.15) is 0 Å². The lowest BCUT2D eigenvalue weighted by atomic mass is 9.88. The Hall–Kier alpha value is -2.36. The number of benzene rings is 2. The molecule has 1 aliphatic rings. The average Bonchev–Trinajstić information content (AvgIpc) is 2.53. The second kappa shape index (κ2) is 6.03. The molecule has 0 amide bonds. The molecule has 0 atom stereocenters. The number of anilines is 2. The summed E-state index contributed by atoms with van der Waals surface area (Å²) >= 11 is 0. The van der Waals surface area contributed by atoms with Crippen molar-refractivity contribution in [1.29, 1.82) is 0 Å². The van der Waals surface area contributed by atoms with Crippen molar-refractivity contribution in [1.82, 2.24) is 0 Å². The summed E-state index contributed by atoms with van der Waals surface area (Å²) < 4.78 is 0. The molecule has 1 heterocycles. The van der Waals surface area contributed by atoms with Crippen molar-refractivity contribution in [2.24, 2.45) is 10.2 Å². The summed E-state index contributed by atoms with van der Waals surface area (Å²) in [5.41, 5.74) is 4.44. The Bertz CT molecular complexity index is 684. The number of nitrogens with zero attached hydrogens (tertiary/aromatic N) is 4. The molecule has 0 spiro atoms. The lowest BCUT2D eigenvalue weighted by Crippen LogP contribution is -2.56. The van der Waals surface area contributed by atoms with Crippen molar-refractivity contribution in [3.8, 4) is 0 Å². The van der Waals surface area contributed by atoms with Gasteiger partial charge in [-0.25, -0.2) is 0 Å². The average molecular weight is 308 g/mol. The van der Waals surface area contributed by atoms with Crippen LogP contribution < -0.4 is 9.80 Å². The molecule has 1 aliphatic heterocycles. The fraction of sp³-hybridized carbons (Fsp3) is 0.368. The molecule has 23 heavy (non-hydrogen) atoms. The predicted octanol–water partition coefficient (Wildman–Crippen LogP) is 5.16. The van der Waals surface area contributed by atoms with Gasteiger partial charge in [-0.2, -0.15) is 10.2 Å². The minimum atomic E-state index is 0.275. The zero-order chi connectivity index (χ0) is 16.4. The number of rotatable bonds is 4. The molecule has 2 aromatic rings. The van der Waals surface area contributed by atoms with E-state index in [4.69, 9.17) is 0 Å². The van der Waals surface area contributed by atoms with Crippen LogP contribution in [0.15, 0.2) is 58.8 Å². The van der Waals surface area contributed by atoms with E-state index in [0.29, 0.717) is 0 Å². The minimum absolute atomic E-state index is 0.275. The first kappa shape index (κ1) is 15.5. The molecule has 0 bridgehead atoms. The van der Waals surface area contributed by atoms with Gasteiger partial charge in [0.05, 0.1) is 11.4 Å². The summed E-state index contributed by atoms with van der Waals surface area (Å²) in [6, 6.07) is 16.4. The van der Waals surface area contributed by atoms with Crippen LogP contribution in [-0.2, 0) is 0 Å². The van der Waals surface area contributed by atoms with Crippen molar-refractivity contribution in [3.05, 3.63) is 48.5 Å². The molecule has 4 heteroatoms. The van der Waals surface area contributed by atoms with Crippen LogP contribution in [0.5, 0.6) is 0 Å². The van der Waals surface area contributed by atoms with Crippen molar-refractivity contribution >= 4 is 22.7 Å². The molecule has 2 aromatic carbocycles. The number of hydrogen-bond acceptors (Lipinski definition) is 4. The Kier molecular flexibility index (Phi) is 4.07. The maximum atomic E-state index is 4.32. The Balaban J connectivity index is 1.68. The summed E-state index contributed by atoms with van der Waals surface area (Å²) in [7, 11) is 4.05. The van der Waals surface area contributed by atoms with Crippen LogP contribution in [-0.4, -0.2) is 26.2 Å². The maximum Gasteiger partial charge on any atom is 0.0858 e. The molecule has 3 rings (SSSR count). The van der Waals surface area contributed by atoms with Crippen LogP contribution in [0.1, 0.15) is 20.3 Å². The smallest absolute Gasteiger partial charge is 0.0858 e. The zero-order valence-electron chi connectivity index (χ0n) is 14.3. The summed E-state index contributed by atoms with van der Waals surface area (Å²) in [6.07, 6.45) is 1.25. The Morgan fingerprint density at radius 2 is 1.39 bits per heavy atom. The highest BCUT2D eigenvalue weighted by molar-refractivity contribution is 5.56. The van der Waals surface area contributed by atoms with Crippen molar-refractivity contribution in [2.45, 2.75) is 25.8 Å². The quantitative estimate of drug-likeness (QED) is 0.731. The monoisotopic (exact) mass is 308 g/mol. The van der Waals surface area contributed by atoms with Gasteiger partial charge in [-0.05, 0) is 68.8 Å². The van der Waals surface area contributed by atoms with E-state index in [0.717, 1.165) is 23.6 Å². The normalized spacial score (nSPS) is 16.4. The predicted molar refractivity (Wildman–Crippen MR) is 97.4 cm³/mol. The SMILES string of the molecule is CN(C)c1ccc(/N=N/c2ccc(N3CCC3(C)C)cc2)cc1. The van der Waals surface area contributed by atoms with Crippen LogP contribution in [0.4, 0.5) is 22.7 Å². The van der Waals surface area contributed by atoms with Gasteiger partial charge < -0.3 is 9.80 Å². The summed E-state index contributed by atoms with van der Waals surface area (Å²) in [4.78, 5) is 4.49. The van der Waals surface area contributed by atoms with E-state index in [1.54, 1.807) is 0 Å². The molecular formula is C19H24N4. The zero-order valence-corrected chi connectivity index (χ0v) is 14.3. The van der Waals surface area contributed by atoms with Gasteiger partial charge in [-0.3, -0.25) is 0 Å². The van der Waals surface area contributed by atoms with Crippen molar-refractivity contribution < 1.29 is 0 Å². The Morgan fingerprint density at radius 1 is 0.870 bits per heavy atom. The van der Waals surface area contributed by atoms with Crippen LogP contribution in [0.25, 0.3) is 0 Å². The van der Waals surface area contributed by atoms with E-state index in [9.17, 15) is 0 Å².